The Morgan fingerprint density at radius 1 is 1.38 bits per heavy atom. The Labute approximate surface area is 195 Å². The summed E-state index contributed by atoms with van der Waals surface area (Å²) in [6.07, 6.45) is 6.42. The van der Waals surface area contributed by atoms with Crippen molar-refractivity contribution in [2.75, 3.05) is 26.3 Å². The lowest BCUT2D eigenvalue weighted by Crippen LogP contribution is -2.56. The van der Waals surface area contributed by atoms with Gasteiger partial charge in [-0.3, -0.25) is 14.4 Å². The van der Waals surface area contributed by atoms with Gasteiger partial charge in [-0.25, -0.2) is 0 Å². The largest absolute Gasteiger partial charge is 0.461 e. The molecule has 1 spiro atoms. The monoisotopic (exact) mass is 464 g/mol. The van der Waals surface area contributed by atoms with Crippen LogP contribution in [-0.4, -0.2) is 80.6 Å². The van der Waals surface area contributed by atoms with Crippen molar-refractivity contribution in [1.82, 2.24) is 9.80 Å². The molecule has 0 saturated carbocycles. The maximum Gasteiger partial charge on any atom is 0.311 e. The minimum Gasteiger partial charge on any atom is -0.461 e. The minimum atomic E-state index is -0.713. The molecular weight excluding hydrogens is 428 g/mol. The first-order valence-electron chi connectivity index (χ1n) is 11.5. The molecule has 1 N–H and O–H groups in total. The van der Waals surface area contributed by atoms with Crippen LogP contribution in [0, 0.1) is 11.8 Å². The van der Waals surface area contributed by atoms with Crippen molar-refractivity contribution in [2.45, 2.75) is 68.0 Å². The van der Waals surface area contributed by atoms with Crippen LogP contribution in [0.4, 0.5) is 0 Å². The van der Waals surface area contributed by atoms with Gasteiger partial charge in [0.1, 0.15) is 12.6 Å². The Balaban J connectivity index is 2.04. The average Bonchev–Trinajstić information content (AvgIpc) is 3.31. The van der Waals surface area contributed by atoms with E-state index in [2.05, 4.69) is 20.1 Å². The number of rotatable bonds is 11. The maximum atomic E-state index is 14.0. The highest BCUT2D eigenvalue weighted by Crippen LogP contribution is 2.71. The molecule has 0 aromatic heterocycles. The molecule has 3 heterocycles. The zero-order chi connectivity index (χ0) is 23.7. The molecule has 0 aliphatic carbocycles. The fourth-order valence-corrected chi connectivity index (χ4v) is 8.34. The summed E-state index contributed by atoms with van der Waals surface area (Å²) in [5.74, 6) is -1.99. The first-order valence-corrected chi connectivity index (χ1v) is 12.3. The number of ether oxygens (including phenoxy) is 1. The molecule has 0 radical (unpaired) electrons. The number of fused-ring (bicyclic) bond motifs is 1. The van der Waals surface area contributed by atoms with Crippen molar-refractivity contribution in [3.8, 4) is 0 Å². The molecule has 2 amide bonds. The minimum absolute atomic E-state index is 0.000396. The summed E-state index contributed by atoms with van der Waals surface area (Å²) in [4.78, 5) is 44.1. The molecule has 2 bridgehead atoms. The maximum absolute atomic E-state index is 14.0. The van der Waals surface area contributed by atoms with E-state index in [0.717, 1.165) is 19.3 Å². The van der Waals surface area contributed by atoms with Crippen LogP contribution in [0.25, 0.3) is 0 Å². The van der Waals surface area contributed by atoms with Crippen LogP contribution in [0.1, 0.15) is 46.5 Å². The number of hydrogen-bond acceptors (Lipinski definition) is 6. The van der Waals surface area contributed by atoms with Gasteiger partial charge in [0.15, 0.2) is 0 Å². The van der Waals surface area contributed by atoms with Crippen LogP contribution < -0.4 is 0 Å². The fourth-order valence-electron chi connectivity index (χ4n) is 6.00. The molecule has 178 valence electrons. The van der Waals surface area contributed by atoms with Crippen LogP contribution in [0.5, 0.6) is 0 Å². The number of thioether (sulfide) groups is 1. The summed E-state index contributed by atoms with van der Waals surface area (Å²) in [6, 6.07) is -0.713. The lowest BCUT2D eigenvalue weighted by molar-refractivity contribution is -0.154. The summed E-state index contributed by atoms with van der Waals surface area (Å²) >= 11 is 1.61. The first kappa shape index (κ1) is 24.8. The van der Waals surface area contributed by atoms with Gasteiger partial charge in [0.2, 0.25) is 11.8 Å². The highest BCUT2D eigenvalue weighted by molar-refractivity contribution is 8.02. The first-order chi connectivity index (χ1) is 15.2. The van der Waals surface area contributed by atoms with Crippen LogP contribution in [0.3, 0.4) is 0 Å². The van der Waals surface area contributed by atoms with E-state index in [1.165, 1.54) is 11.0 Å². The Bertz CT molecular complexity index is 788. The number of amides is 2. The van der Waals surface area contributed by atoms with Crippen molar-refractivity contribution in [3.05, 3.63) is 25.3 Å². The molecule has 0 aromatic rings. The van der Waals surface area contributed by atoms with E-state index in [1.807, 2.05) is 13.8 Å². The van der Waals surface area contributed by atoms with Gasteiger partial charge in [-0.1, -0.05) is 32.1 Å². The number of aliphatic hydroxyl groups excluding tert-OH is 1. The Hall–Kier alpha value is -1.80. The lowest BCUT2D eigenvalue weighted by atomic mass is 9.66. The van der Waals surface area contributed by atoms with E-state index in [9.17, 15) is 19.5 Å². The number of likely N-dealkylation sites (tertiary alicyclic amines) is 1. The zero-order valence-corrected chi connectivity index (χ0v) is 20.2. The van der Waals surface area contributed by atoms with Crippen LogP contribution in [0.15, 0.2) is 25.3 Å². The number of nitrogens with zero attached hydrogens (tertiary/aromatic N) is 2. The Morgan fingerprint density at radius 3 is 2.69 bits per heavy atom. The van der Waals surface area contributed by atoms with Crippen molar-refractivity contribution in [2.24, 2.45) is 11.8 Å². The fraction of sp³-hybridized carbons (Fsp3) is 0.708. The SMILES string of the molecule is C=CCOC(=O)[C@H]1[C@H]2C(=O)N(CCO)C(C(=O)N(CC=C)C(C)CCC)C23CC[C@]1(C)S3. The summed E-state index contributed by atoms with van der Waals surface area (Å²) in [5.41, 5.74) is 0. The standard InChI is InChI=1S/C24H36N2O5S/c1-6-9-16(4)25(12-7-2)21(29)19-24-11-10-23(5,32-24)18(22(30)31-15-8-3)17(24)20(28)26(19)13-14-27/h7-8,16-19,27H,2-3,6,9-15H2,1,4-5H3/t16?,17-,18+,19?,23-,24?/m0/s1. The second-order valence-electron chi connectivity index (χ2n) is 9.32. The molecule has 6 atom stereocenters. The van der Waals surface area contributed by atoms with E-state index in [4.69, 9.17) is 4.74 Å². The third-order valence-electron chi connectivity index (χ3n) is 7.30. The van der Waals surface area contributed by atoms with Crippen LogP contribution in [-0.2, 0) is 19.1 Å². The van der Waals surface area contributed by atoms with Gasteiger partial charge in [0, 0.05) is 23.9 Å². The lowest BCUT2D eigenvalue weighted by Gasteiger charge is -2.39. The van der Waals surface area contributed by atoms with Crippen molar-refractivity contribution < 1.29 is 24.2 Å². The quantitative estimate of drug-likeness (QED) is 0.373. The second-order valence-corrected chi connectivity index (χ2v) is 11.2. The normalized spacial score (nSPS) is 33.7. The van der Waals surface area contributed by atoms with E-state index in [0.29, 0.717) is 13.0 Å². The average molecular weight is 465 g/mol. The summed E-state index contributed by atoms with van der Waals surface area (Å²) in [5, 5.41) is 9.71. The topological polar surface area (TPSA) is 87.1 Å². The Morgan fingerprint density at radius 2 is 2.09 bits per heavy atom. The highest BCUT2D eigenvalue weighted by atomic mass is 32.2. The van der Waals surface area contributed by atoms with E-state index in [-0.39, 0.29) is 37.6 Å². The molecule has 8 heteroatoms. The molecule has 3 unspecified atom stereocenters. The molecule has 3 aliphatic rings. The number of aliphatic hydroxyl groups is 1. The highest BCUT2D eigenvalue weighted by Gasteiger charge is 2.77. The van der Waals surface area contributed by atoms with Gasteiger partial charge in [0.05, 0.1) is 23.2 Å². The molecule has 0 aromatic carbocycles. The number of esters is 1. The van der Waals surface area contributed by atoms with Gasteiger partial charge in [-0.15, -0.1) is 18.3 Å². The van der Waals surface area contributed by atoms with Crippen molar-refractivity contribution in [3.63, 3.8) is 0 Å². The third kappa shape index (κ3) is 3.79. The van der Waals surface area contributed by atoms with Crippen LogP contribution in [0.2, 0.25) is 0 Å². The molecular formula is C24H36N2O5S. The summed E-state index contributed by atoms with van der Waals surface area (Å²) in [7, 11) is 0. The number of carbonyl (C=O) groups is 3. The van der Waals surface area contributed by atoms with Gasteiger partial charge >= 0.3 is 5.97 Å². The van der Waals surface area contributed by atoms with Gasteiger partial charge in [-0.05, 0) is 33.1 Å². The smallest absolute Gasteiger partial charge is 0.311 e. The number of β-amino-alcohol motifs (C(OH)–C–C–N with tert-alkyl or cyclic N) is 1. The van der Waals surface area contributed by atoms with Crippen LogP contribution >= 0.6 is 11.8 Å². The Kier molecular flexibility index (Phi) is 7.44. The number of hydrogen-bond donors (Lipinski definition) is 1. The van der Waals surface area contributed by atoms with E-state index >= 15 is 0 Å². The zero-order valence-electron chi connectivity index (χ0n) is 19.4. The van der Waals surface area contributed by atoms with Crippen molar-refractivity contribution >= 4 is 29.5 Å². The van der Waals surface area contributed by atoms with Crippen molar-refractivity contribution in [1.29, 1.82) is 0 Å². The van der Waals surface area contributed by atoms with Gasteiger partial charge in [0.25, 0.3) is 0 Å². The van der Waals surface area contributed by atoms with E-state index < -0.39 is 33.3 Å². The summed E-state index contributed by atoms with van der Waals surface area (Å²) < 4.78 is 4.24. The van der Waals surface area contributed by atoms with Gasteiger partial charge in [-0.2, -0.15) is 0 Å². The molecule has 3 saturated heterocycles. The second kappa shape index (κ2) is 9.59. The van der Waals surface area contributed by atoms with E-state index in [1.54, 1.807) is 22.7 Å². The molecule has 7 nitrogen and oxygen atoms in total. The van der Waals surface area contributed by atoms with Gasteiger partial charge < -0.3 is 19.6 Å². The molecule has 3 rings (SSSR count). The predicted molar refractivity (Wildman–Crippen MR) is 125 cm³/mol. The predicted octanol–water partition coefficient (Wildman–Crippen LogP) is 2.39. The number of carbonyl (C=O) groups excluding carboxylic acids is 3. The third-order valence-corrected chi connectivity index (χ3v) is 9.28. The molecule has 32 heavy (non-hydrogen) atoms. The molecule has 3 aliphatic heterocycles. The molecule has 3 fully saturated rings. The summed E-state index contributed by atoms with van der Waals surface area (Å²) in [6.45, 7) is 13.8.